The van der Waals surface area contributed by atoms with Gasteiger partial charge in [-0.3, -0.25) is 4.79 Å². The van der Waals surface area contributed by atoms with Crippen LogP contribution < -0.4 is 0 Å². The Kier molecular flexibility index (Phi) is 4.10. The second kappa shape index (κ2) is 6.56. The number of benzene rings is 3. The molecule has 3 aromatic rings. The molecule has 2 heteroatoms. The number of likely N-dealkylation sites (tertiary alicyclic amines) is 1. The average molecular weight is 327 g/mol. The van der Waals surface area contributed by atoms with Crippen LogP contribution in [0.4, 0.5) is 0 Å². The third kappa shape index (κ3) is 2.96. The van der Waals surface area contributed by atoms with E-state index >= 15 is 0 Å². The molecular weight excluding hydrogens is 306 g/mol. The average Bonchev–Trinajstić information content (AvgIpc) is 2.66. The molecule has 4 rings (SSSR count). The number of nitrogens with zero attached hydrogens (tertiary/aromatic N) is 1. The van der Waals surface area contributed by atoms with Crippen LogP contribution in [-0.2, 0) is 11.3 Å². The van der Waals surface area contributed by atoms with Gasteiger partial charge < -0.3 is 4.90 Å². The molecule has 0 N–H and O–H groups in total. The molecule has 1 aliphatic heterocycles. The minimum absolute atomic E-state index is 0.0910. The van der Waals surface area contributed by atoms with Crippen molar-refractivity contribution in [2.24, 2.45) is 0 Å². The van der Waals surface area contributed by atoms with Crippen LogP contribution in [0.1, 0.15) is 34.2 Å². The van der Waals surface area contributed by atoms with Gasteiger partial charge in [-0.05, 0) is 23.6 Å². The van der Waals surface area contributed by atoms with E-state index in [9.17, 15) is 4.79 Å². The highest BCUT2D eigenvalue weighted by Crippen LogP contribution is 2.47. The minimum atomic E-state index is -0.0910. The largest absolute Gasteiger partial charge is 0.330 e. The summed E-state index contributed by atoms with van der Waals surface area (Å²) in [4.78, 5) is 15.0. The second-order valence-corrected chi connectivity index (χ2v) is 6.70. The molecule has 25 heavy (non-hydrogen) atoms. The summed E-state index contributed by atoms with van der Waals surface area (Å²) >= 11 is 0. The van der Waals surface area contributed by atoms with Gasteiger partial charge in [0.1, 0.15) is 0 Å². The third-order valence-corrected chi connectivity index (χ3v) is 4.97. The Morgan fingerprint density at radius 1 is 0.760 bits per heavy atom. The third-order valence-electron chi connectivity index (χ3n) is 4.97. The predicted octanol–water partition coefficient (Wildman–Crippen LogP) is 4.86. The molecule has 2 nitrogen and oxygen atoms in total. The Morgan fingerprint density at radius 3 is 2.00 bits per heavy atom. The summed E-state index contributed by atoms with van der Waals surface area (Å²) in [7, 11) is 0. The molecule has 0 spiro atoms. The molecule has 0 bridgehead atoms. The molecule has 0 unspecified atom stereocenters. The monoisotopic (exact) mass is 327 g/mol. The maximum atomic E-state index is 13.0. The van der Waals surface area contributed by atoms with Gasteiger partial charge in [-0.15, -0.1) is 0 Å². The van der Waals surface area contributed by atoms with Crippen molar-refractivity contribution in [3.63, 3.8) is 0 Å². The van der Waals surface area contributed by atoms with Gasteiger partial charge in [0.2, 0.25) is 5.91 Å². The highest BCUT2D eigenvalue weighted by atomic mass is 16.2. The number of hydrogen-bond donors (Lipinski definition) is 0. The van der Waals surface area contributed by atoms with Crippen LogP contribution in [0.15, 0.2) is 84.9 Å². The van der Waals surface area contributed by atoms with E-state index in [-0.39, 0.29) is 17.9 Å². The van der Waals surface area contributed by atoms with E-state index in [2.05, 4.69) is 55.5 Å². The van der Waals surface area contributed by atoms with E-state index in [1.54, 1.807) is 0 Å². The first kappa shape index (κ1) is 15.6. The first-order valence-electron chi connectivity index (χ1n) is 8.70. The van der Waals surface area contributed by atoms with Crippen LogP contribution in [0.2, 0.25) is 0 Å². The second-order valence-electron chi connectivity index (χ2n) is 6.70. The Labute approximate surface area is 148 Å². The van der Waals surface area contributed by atoms with Gasteiger partial charge in [-0.25, -0.2) is 0 Å². The van der Waals surface area contributed by atoms with Crippen molar-refractivity contribution in [2.45, 2.75) is 25.4 Å². The van der Waals surface area contributed by atoms with E-state index in [0.29, 0.717) is 6.54 Å². The van der Waals surface area contributed by atoms with Crippen LogP contribution in [0, 0.1) is 6.92 Å². The van der Waals surface area contributed by atoms with Gasteiger partial charge in [0.25, 0.3) is 0 Å². The number of amides is 1. The number of carbonyl (C=O) groups is 1. The summed E-state index contributed by atoms with van der Waals surface area (Å²) < 4.78 is 0. The fourth-order valence-electron chi connectivity index (χ4n) is 3.63. The first-order chi connectivity index (χ1) is 12.2. The topological polar surface area (TPSA) is 20.3 Å². The molecule has 0 aromatic heterocycles. The van der Waals surface area contributed by atoms with E-state index in [0.717, 1.165) is 5.56 Å². The number of hydrogen-bond acceptors (Lipinski definition) is 1. The summed E-state index contributed by atoms with van der Waals surface area (Å²) in [6.45, 7) is 2.73. The molecule has 3 aromatic carbocycles. The molecule has 1 aliphatic rings. The number of β-lactam (4-membered cyclic amide) rings is 1. The smallest absolute Gasteiger partial charge is 0.233 e. The van der Waals surface area contributed by atoms with Gasteiger partial charge in [0, 0.05) is 6.54 Å². The van der Waals surface area contributed by atoms with E-state index in [4.69, 9.17) is 0 Å². The molecule has 124 valence electrons. The van der Waals surface area contributed by atoms with Crippen molar-refractivity contribution in [3.8, 4) is 0 Å². The normalized spacial score (nSPS) is 19.6. The van der Waals surface area contributed by atoms with E-state index in [1.807, 2.05) is 41.3 Å². The molecule has 1 amide bonds. The molecule has 1 heterocycles. The molecule has 2 atom stereocenters. The quantitative estimate of drug-likeness (QED) is 0.627. The lowest BCUT2D eigenvalue weighted by molar-refractivity contribution is -0.151. The van der Waals surface area contributed by atoms with Crippen molar-refractivity contribution in [1.82, 2.24) is 4.90 Å². The Morgan fingerprint density at radius 2 is 1.36 bits per heavy atom. The van der Waals surface area contributed by atoms with Crippen molar-refractivity contribution < 1.29 is 4.79 Å². The van der Waals surface area contributed by atoms with Crippen molar-refractivity contribution >= 4 is 5.91 Å². The maximum Gasteiger partial charge on any atom is 0.233 e. The van der Waals surface area contributed by atoms with Crippen LogP contribution in [-0.4, -0.2) is 10.8 Å². The van der Waals surface area contributed by atoms with Crippen LogP contribution in [0.3, 0.4) is 0 Å². The lowest BCUT2D eigenvalue weighted by atomic mass is 9.77. The zero-order valence-electron chi connectivity index (χ0n) is 14.3. The van der Waals surface area contributed by atoms with E-state index in [1.165, 1.54) is 16.7 Å². The fourth-order valence-corrected chi connectivity index (χ4v) is 3.63. The minimum Gasteiger partial charge on any atom is -0.330 e. The molecule has 0 saturated carbocycles. The lowest BCUT2D eigenvalue weighted by Crippen LogP contribution is -2.52. The summed E-state index contributed by atoms with van der Waals surface area (Å²) in [5.74, 6) is 0.119. The van der Waals surface area contributed by atoms with Crippen LogP contribution in [0.25, 0.3) is 0 Å². The first-order valence-corrected chi connectivity index (χ1v) is 8.70. The number of carbonyl (C=O) groups excluding carboxylic acids is 1. The standard InChI is InChI=1S/C23H21NO/c1-17-12-14-19(15-13-17)21-22(20-10-6-3-7-11-20)24(23(21)25)16-18-8-4-2-5-9-18/h2-15,21-22H,16H2,1H3/t21-,22-/m1/s1. The lowest BCUT2D eigenvalue weighted by Gasteiger charge is -2.48. The zero-order valence-corrected chi connectivity index (χ0v) is 14.3. The Bertz CT molecular complexity index is 856. The van der Waals surface area contributed by atoms with Crippen LogP contribution >= 0.6 is 0 Å². The van der Waals surface area contributed by atoms with Crippen molar-refractivity contribution in [2.75, 3.05) is 0 Å². The van der Waals surface area contributed by atoms with E-state index < -0.39 is 0 Å². The highest BCUT2D eigenvalue weighted by molar-refractivity contribution is 5.91. The van der Waals surface area contributed by atoms with Crippen molar-refractivity contribution in [3.05, 3.63) is 107 Å². The molecule has 0 aliphatic carbocycles. The van der Waals surface area contributed by atoms with Crippen LogP contribution in [0.5, 0.6) is 0 Å². The van der Waals surface area contributed by atoms with Crippen molar-refractivity contribution in [1.29, 1.82) is 0 Å². The SMILES string of the molecule is Cc1ccc([C@H]2C(=O)N(Cc3ccccc3)[C@@H]2c2ccccc2)cc1. The summed E-state index contributed by atoms with van der Waals surface area (Å²) in [5, 5.41) is 0. The fraction of sp³-hybridized carbons (Fsp3) is 0.174. The summed E-state index contributed by atoms with van der Waals surface area (Å²) in [6.07, 6.45) is 0. The maximum absolute atomic E-state index is 13.0. The zero-order chi connectivity index (χ0) is 17.2. The van der Waals surface area contributed by atoms with Gasteiger partial charge in [-0.1, -0.05) is 90.5 Å². The molecule has 0 radical (unpaired) electrons. The molecule has 1 fully saturated rings. The Hall–Kier alpha value is -2.87. The predicted molar refractivity (Wildman–Crippen MR) is 100 cm³/mol. The van der Waals surface area contributed by atoms with Gasteiger partial charge >= 0.3 is 0 Å². The van der Waals surface area contributed by atoms with Gasteiger partial charge in [0.05, 0.1) is 12.0 Å². The molecule has 1 saturated heterocycles. The summed E-state index contributed by atoms with van der Waals surface area (Å²) in [5.41, 5.74) is 4.68. The molecular formula is C23H21NO. The van der Waals surface area contributed by atoms with Gasteiger partial charge in [-0.2, -0.15) is 0 Å². The Balaban J connectivity index is 1.68. The summed E-state index contributed by atoms with van der Waals surface area (Å²) in [6, 6.07) is 29.0. The number of aryl methyl sites for hydroxylation is 1. The van der Waals surface area contributed by atoms with Gasteiger partial charge in [0.15, 0.2) is 0 Å². The number of rotatable bonds is 4. The highest BCUT2D eigenvalue weighted by Gasteiger charge is 2.48.